The van der Waals surface area contributed by atoms with Crippen LogP contribution in [0.2, 0.25) is 0 Å². The van der Waals surface area contributed by atoms with E-state index < -0.39 is 46.3 Å². The third kappa shape index (κ3) is 13.2. The summed E-state index contributed by atoms with van der Waals surface area (Å²) in [5.41, 5.74) is -1.29. The van der Waals surface area contributed by atoms with Crippen LogP contribution in [0.3, 0.4) is 0 Å². The predicted molar refractivity (Wildman–Crippen MR) is 230 cm³/mol. The number of nitrogens with one attached hydrogen (secondary N) is 3. The van der Waals surface area contributed by atoms with Crippen molar-refractivity contribution in [2.75, 3.05) is 13.1 Å². The molecule has 0 radical (unpaired) electrons. The van der Waals surface area contributed by atoms with Crippen molar-refractivity contribution < 1.29 is 34.3 Å². The van der Waals surface area contributed by atoms with Crippen LogP contribution >= 0.6 is 0 Å². The number of piperidine rings is 2. The molecule has 13 heteroatoms. The minimum absolute atomic E-state index is 0.0973. The maximum atomic E-state index is 14.4. The van der Waals surface area contributed by atoms with Crippen molar-refractivity contribution in [2.45, 2.75) is 187 Å². The van der Waals surface area contributed by atoms with E-state index in [1.807, 2.05) is 91.8 Å². The van der Waals surface area contributed by atoms with Crippen molar-refractivity contribution in [3.05, 3.63) is 48.0 Å². The van der Waals surface area contributed by atoms with Crippen molar-refractivity contribution in [3.63, 3.8) is 0 Å². The number of alkyl carbamates (subject to hydrolysis) is 1. The predicted octanol–water partition coefficient (Wildman–Crippen LogP) is 7.00. The summed E-state index contributed by atoms with van der Waals surface area (Å²) >= 11 is 0. The Balaban J connectivity index is 1.47. The number of carbonyl (C=O) groups excluding carboxylic acids is 4. The largest absolute Gasteiger partial charge is 0.446 e. The molecule has 1 aromatic carbocycles. The highest BCUT2D eigenvalue weighted by molar-refractivity contribution is 5.93. The van der Waals surface area contributed by atoms with E-state index >= 15 is 0 Å². The van der Waals surface area contributed by atoms with Crippen LogP contribution in [0.25, 0.3) is 0 Å². The molecule has 4 rings (SSSR count). The molecule has 3 fully saturated rings. The summed E-state index contributed by atoms with van der Waals surface area (Å²) in [6, 6.07) is 8.03. The molecule has 4 amide bonds. The molecule has 3 saturated heterocycles. The molecule has 3 aliphatic rings. The smallest absolute Gasteiger partial charge is 0.407 e. The number of benzene rings is 1. The lowest BCUT2D eigenvalue weighted by Crippen LogP contribution is -2.64. The summed E-state index contributed by atoms with van der Waals surface area (Å²) in [7, 11) is 0. The van der Waals surface area contributed by atoms with Gasteiger partial charge < -0.3 is 36.0 Å². The summed E-state index contributed by atoms with van der Waals surface area (Å²) in [6.07, 6.45) is 8.44. The topological polar surface area (TPSA) is 164 Å². The van der Waals surface area contributed by atoms with Crippen molar-refractivity contribution in [2.24, 2.45) is 17.8 Å². The van der Waals surface area contributed by atoms with Gasteiger partial charge in [-0.3, -0.25) is 14.4 Å². The number of hydroxylamine groups is 4. The van der Waals surface area contributed by atoms with Crippen LogP contribution in [-0.4, -0.2) is 109 Å². The van der Waals surface area contributed by atoms with Gasteiger partial charge in [0.2, 0.25) is 17.7 Å². The van der Waals surface area contributed by atoms with E-state index in [2.05, 4.69) is 42.8 Å². The van der Waals surface area contributed by atoms with Crippen LogP contribution < -0.4 is 16.0 Å². The van der Waals surface area contributed by atoms with Gasteiger partial charge in [0.25, 0.3) is 0 Å². The Kier molecular flexibility index (Phi) is 16.2. The van der Waals surface area contributed by atoms with Gasteiger partial charge in [0.15, 0.2) is 0 Å². The van der Waals surface area contributed by atoms with Crippen molar-refractivity contribution in [1.82, 2.24) is 31.0 Å². The summed E-state index contributed by atoms with van der Waals surface area (Å²) in [5.74, 6) is -0.429. The van der Waals surface area contributed by atoms with Gasteiger partial charge in [0, 0.05) is 54.1 Å². The monoisotopic (exact) mass is 825 g/mol. The van der Waals surface area contributed by atoms with Gasteiger partial charge in [0.1, 0.15) is 18.2 Å². The third-order valence-electron chi connectivity index (χ3n) is 12.4. The highest BCUT2D eigenvalue weighted by Gasteiger charge is 2.47. The Morgan fingerprint density at radius 2 is 1.42 bits per heavy atom. The molecule has 0 saturated carbocycles. The zero-order chi connectivity index (χ0) is 43.9. The maximum absolute atomic E-state index is 14.4. The van der Waals surface area contributed by atoms with E-state index in [1.165, 1.54) is 10.1 Å². The van der Waals surface area contributed by atoms with Crippen LogP contribution in [0.4, 0.5) is 4.79 Å². The molecule has 3 aliphatic heterocycles. The first-order valence-electron chi connectivity index (χ1n) is 22.0. The van der Waals surface area contributed by atoms with Crippen LogP contribution in [0, 0.1) is 17.8 Å². The quantitative estimate of drug-likeness (QED) is 0.0873. The van der Waals surface area contributed by atoms with Crippen LogP contribution in [0.1, 0.15) is 140 Å². The molecule has 0 bridgehead atoms. The highest BCUT2D eigenvalue weighted by Crippen LogP contribution is 2.38. The van der Waals surface area contributed by atoms with Gasteiger partial charge in [-0.25, -0.2) is 4.79 Å². The number of rotatable bonds is 16. The fourth-order valence-corrected chi connectivity index (χ4v) is 9.93. The molecule has 0 aliphatic carbocycles. The Hall–Kier alpha value is -3.52. The summed E-state index contributed by atoms with van der Waals surface area (Å²) in [5, 5.41) is 33.2. The van der Waals surface area contributed by atoms with Gasteiger partial charge in [-0.05, 0) is 124 Å². The van der Waals surface area contributed by atoms with E-state index in [1.54, 1.807) is 4.90 Å². The second-order valence-corrected chi connectivity index (χ2v) is 20.5. The van der Waals surface area contributed by atoms with Gasteiger partial charge in [-0.2, -0.15) is 10.1 Å². The second-order valence-electron chi connectivity index (χ2n) is 20.5. The van der Waals surface area contributed by atoms with E-state index in [4.69, 9.17) is 4.74 Å². The first-order chi connectivity index (χ1) is 27.4. The molecule has 3 heterocycles. The fraction of sp³-hybridized carbons (Fsp3) is 0.739. The summed E-state index contributed by atoms with van der Waals surface area (Å²) < 4.78 is 5.78. The molecule has 5 N–H and O–H groups in total. The Morgan fingerprint density at radius 3 is 2.00 bits per heavy atom. The number of hydrogen-bond donors (Lipinski definition) is 5. The number of ether oxygens (including phenoxy) is 1. The van der Waals surface area contributed by atoms with Crippen LogP contribution in [0.15, 0.2) is 42.5 Å². The average molecular weight is 825 g/mol. The highest BCUT2D eigenvalue weighted by atomic mass is 16.6. The molecular weight excluding hydrogens is 749 g/mol. The lowest BCUT2D eigenvalue weighted by atomic mass is 9.79. The number of hydrogen-bond acceptors (Lipinski definition) is 9. The first-order valence-corrected chi connectivity index (χ1v) is 22.0. The molecule has 0 spiro atoms. The van der Waals surface area contributed by atoms with E-state index in [0.717, 1.165) is 12.0 Å². The zero-order valence-electron chi connectivity index (χ0n) is 37.8. The Bertz CT molecular complexity index is 1580. The van der Waals surface area contributed by atoms with Gasteiger partial charge in [0.05, 0.1) is 5.92 Å². The summed E-state index contributed by atoms with van der Waals surface area (Å²) in [6.45, 7) is 22.6. The summed E-state index contributed by atoms with van der Waals surface area (Å²) in [4.78, 5) is 57.3. The van der Waals surface area contributed by atoms with Crippen LogP contribution in [-0.2, 0) is 25.5 Å². The van der Waals surface area contributed by atoms with Crippen molar-refractivity contribution in [3.8, 4) is 0 Å². The van der Waals surface area contributed by atoms with Gasteiger partial charge in [-0.1, -0.05) is 63.3 Å². The van der Waals surface area contributed by atoms with Crippen LogP contribution in [0.5, 0.6) is 0 Å². The van der Waals surface area contributed by atoms with Crippen molar-refractivity contribution >= 4 is 23.8 Å². The minimum Gasteiger partial charge on any atom is -0.446 e. The maximum Gasteiger partial charge on any atom is 0.407 e. The first kappa shape index (κ1) is 48.1. The van der Waals surface area contributed by atoms with E-state index in [0.29, 0.717) is 69.7 Å². The normalized spacial score (nSPS) is 23.8. The molecule has 59 heavy (non-hydrogen) atoms. The SMILES string of the molecule is CC(C)C[C@H](C)/C=C/[C@H](Cc1ccccc1)C(=O)N1CCC[C@H]1C(=O)N[C@@H](CCCNC(=O)OC1CC(C)(C)N(O)C(C)(C)C1)C(=O)NC1CC(C)(C)N(O)C(C)(C)C1. The number of likely N-dealkylation sites (tertiary alicyclic amines) is 1. The number of nitrogens with zero attached hydrogens (tertiary/aromatic N) is 3. The molecule has 0 aromatic heterocycles. The number of carbonyl (C=O) groups is 4. The standard InChI is InChI=1S/C46H76N6O7/c1-31(2)25-32(3)21-22-34(26-33-17-13-12-14-18-33)41(55)50-24-16-20-38(50)40(54)49-37(39(53)48-35-27-43(4,5)51(57)44(6,7)28-35)19-15-23-47-42(56)59-36-29-45(8,9)52(58)46(10,11)30-36/h12-14,17-18,21-22,31-32,34-38,57-58H,15-16,19-20,23-30H2,1-11H3,(H,47,56)(H,48,53)(H,49,54)/b22-21+/t32-,34-,37+,38+/m1/s1. The minimum atomic E-state index is -0.927. The van der Waals surface area contributed by atoms with E-state index in [-0.39, 0.29) is 42.8 Å². The average Bonchev–Trinajstić information content (AvgIpc) is 3.62. The molecular formula is C46H76N6O7. The molecule has 1 aromatic rings. The zero-order valence-corrected chi connectivity index (χ0v) is 37.8. The molecule has 4 atom stereocenters. The molecule has 0 unspecified atom stereocenters. The Morgan fingerprint density at radius 1 is 0.847 bits per heavy atom. The third-order valence-corrected chi connectivity index (χ3v) is 12.4. The lowest BCUT2D eigenvalue weighted by Gasteiger charge is -2.51. The van der Waals surface area contributed by atoms with Gasteiger partial charge >= 0.3 is 6.09 Å². The second kappa shape index (κ2) is 19.9. The number of allylic oxidation sites excluding steroid dienone is 1. The van der Waals surface area contributed by atoms with E-state index in [9.17, 15) is 29.6 Å². The number of amides is 4. The Labute approximate surface area is 354 Å². The lowest BCUT2D eigenvalue weighted by molar-refractivity contribution is -0.256. The molecule has 332 valence electrons. The van der Waals surface area contributed by atoms with Crippen molar-refractivity contribution in [1.29, 1.82) is 0 Å². The van der Waals surface area contributed by atoms with Gasteiger partial charge in [-0.15, -0.1) is 0 Å². The molecule has 13 nitrogen and oxygen atoms in total. The fourth-order valence-electron chi connectivity index (χ4n) is 9.93.